The van der Waals surface area contributed by atoms with Crippen LogP contribution in [0.2, 0.25) is 0 Å². The number of hydrogen-bond acceptors (Lipinski definition) is 5. The lowest BCUT2D eigenvalue weighted by atomic mass is 10.1. The largest absolute Gasteiger partial charge is 0.336 e. The lowest BCUT2D eigenvalue weighted by molar-refractivity contribution is -0.133. The summed E-state index contributed by atoms with van der Waals surface area (Å²) in [4.78, 5) is 32.1. The molecule has 30 heavy (non-hydrogen) atoms. The van der Waals surface area contributed by atoms with Gasteiger partial charge in [0.15, 0.2) is 5.65 Å². The summed E-state index contributed by atoms with van der Waals surface area (Å²) in [5, 5.41) is 7.36. The molecule has 0 bridgehead atoms. The summed E-state index contributed by atoms with van der Waals surface area (Å²) in [6, 6.07) is 9.55. The summed E-state index contributed by atoms with van der Waals surface area (Å²) in [5.74, 6) is -0.298. The minimum Gasteiger partial charge on any atom is -0.336 e. The van der Waals surface area contributed by atoms with Crippen molar-refractivity contribution in [3.8, 4) is 0 Å². The third kappa shape index (κ3) is 4.81. The first-order chi connectivity index (χ1) is 14.3. The SMILES string of the molecule is CSc1ccccc1NC(=O)CN(C)C(=O)CCc1c(C)nc2cc(C)nn2c1C. The highest BCUT2D eigenvalue weighted by molar-refractivity contribution is 7.98. The molecular weight excluding hydrogens is 398 g/mol. The van der Waals surface area contributed by atoms with Gasteiger partial charge in [0, 0.05) is 35.8 Å². The van der Waals surface area contributed by atoms with Crippen LogP contribution in [0.3, 0.4) is 0 Å². The number of nitrogens with zero attached hydrogens (tertiary/aromatic N) is 4. The number of amides is 2. The van der Waals surface area contributed by atoms with E-state index < -0.39 is 0 Å². The molecular formula is C22H27N5O2S. The number of hydrogen-bond donors (Lipinski definition) is 1. The molecule has 0 saturated carbocycles. The maximum atomic E-state index is 12.6. The molecule has 0 aliphatic carbocycles. The second-order valence-electron chi connectivity index (χ2n) is 7.32. The van der Waals surface area contributed by atoms with Crippen molar-refractivity contribution < 1.29 is 9.59 Å². The molecule has 158 valence electrons. The molecule has 2 heterocycles. The first kappa shape index (κ1) is 21.8. The number of fused-ring (bicyclic) bond motifs is 1. The van der Waals surface area contributed by atoms with Gasteiger partial charge in [-0.1, -0.05) is 12.1 Å². The second kappa shape index (κ2) is 9.30. The molecule has 1 N–H and O–H groups in total. The molecule has 0 atom stereocenters. The molecule has 7 nitrogen and oxygen atoms in total. The van der Waals surface area contributed by atoms with Crippen LogP contribution in [0.4, 0.5) is 5.69 Å². The van der Waals surface area contributed by atoms with E-state index in [0.29, 0.717) is 12.8 Å². The number of carbonyl (C=O) groups excluding carboxylic acids is 2. The van der Waals surface area contributed by atoms with E-state index in [-0.39, 0.29) is 18.4 Å². The van der Waals surface area contributed by atoms with E-state index in [0.717, 1.165) is 38.9 Å². The highest BCUT2D eigenvalue weighted by Crippen LogP contribution is 2.24. The van der Waals surface area contributed by atoms with Gasteiger partial charge in [0.2, 0.25) is 11.8 Å². The zero-order valence-corrected chi connectivity index (χ0v) is 18.8. The molecule has 0 aliphatic heterocycles. The lowest BCUT2D eigenvalue weighted by Crippen LogP contribution is -2.35. The van der Waals surface area contributed by atoms with E-state index in [1.807, 2.05) is 61.9 Å². The molecule has 0 saturated heterocycles. The number of thioether (sulfide) groups is 1. The Balaban J connectivity index is 1.61. The minimum absolute atomic E-state index is 0.00908. The van der Waals surface area contributed by atoms with Crippen LogP contribution in [0.25, 0.3) is 5.65 Å². The number of para-hydroxylation sites is 1. The van der Waals surface area contributed by atoms with Gasteiger partial charge in [0.1, 0.15) is 0 Å². The lowest BCUT2D eigenvalue weighted by Gasteiger charge is -2.18. The highest BCUT2D eigenvalue weighted by atomic mass is 32.2. The van der Waals surface area contributed by atoms with Crippen molar-refractivity contribution in [2.45, 2.75) is 38.5 Å². The van der Waals surface area contributed by atoms with Gasteiger partial charge < -0.3 is 10.2 Å². The summed E-state index contributed by atoms with van der Waals surface area (Å²) in [6.45, 7) is 5.89. The average Bonchev–Trinajstić information content (AvgIpc) is 3.08. The Morgan fingerprint density at radius 1 is 1.20 bits per heavy atom. The zero-order chi connectivity index (χ0) is 21.8. The zero-order valence-electron chi connectivity index (χ0n) is 18.0. The second-order valence-corrected chi connectivity index (χ2v) is 8.16. The maximum Gasteiger partial charge on any atom is 0.244 e. The van der Waals surface area contributed by atoms with Gasteiger partial charge in [0.25, 0.3) is 0 Å². The van der Waals surface area contributed by atoms with Crippen molar-refractivity contribution in [2.75, 3.05) is 25.2 Å². The van der Waals surface area contributed by atoms with E-state index in [4.69, 9.17) is 0 Å². The molecule has 0 aliphatic rings. The number of nitrogens with one attached hydrogen (secondary N) is 1. The minimum atomic E-state index is -0.213. The Hall–Kier alpha value is -2.87. The van der Waals surface area contributed by atoms with Gasteiger partial charge >= 0.3 is 0 Å². The molecule has 8 heteroatoms. The number of aryl methyl sites for hydroxylation is 3. The van der Waals surface area contributed by atoms with E-state index in [2.05, 4.69) is 15.4 Å². The first-order valence-electron chi connectivity index (χ1n) is 9.79. The Bertz CT molecular complexity index is 1090. The quantitative estimate of drug-likeness (QED) is 0.587. The van der Waals surface area contributed by atoms with Crippen LogP contribution >= 0.6 is 11.8 Å². The van der Waals surface area contributed by atoms with Gasteiger partial charge in [-0.2, -0.15) is 5.10 Å². The average molecular weight is 426 g/mol. The Labute approximate surface area is 180 Å². The molecule has 0 spiro atoms. The van der Waals surface area contributed by atoms with Gasteiger partial charge in [-0.05, 0) is 51.1 Å². The summed E-state index contributed by atoms with van der Waals surface area (Å²) in [7, 11) is 1.65. The molecule has 3 aromatic rings. The molecule has 2 amide bonds. The first-order valence-corrected chi connectivity index (χ1v) is 11.0. The van der Waals surface area contributed by atoms with Crippen LogP contribution < -0.4 is 5.32 Å². The Kier molecular flexibility index (Phi) is 6.77. The van der Waals surface area contributed by atoms with E-state index in [1.165, 1.54) is 4.90 Å². The van der Waals surface area contributed by atoms with Crippen LogP contribution in [0.15, 0.2) is 35.2 Å². The van der Waals surface area contributed by atoms with Crippen LogP contribution in [-0.4, -0.2) is 51.2 Å². The van der Waals surface area contributed by atoms with Crippen molar-refractivity contribution in [2.24, 2.45) is 0 Å². The van der Waals surface area contributed by atoms with Gasteiger partial charge in [-0.15, -0.1) is 11.8 Å². The van der Waals surface area contributed by atoms with Gasteiger partial charge in [-0.3, -0.25) is 9.59 Å². The normalized spacial score (nSPS) is 11.0. The van der Waals surface area contributed by atoms with Gasteiger partial charge in [0.05, 0.1) is 17.9 Å². The predicted octanol–water partition coefficient (Wildman–Crippen LogP) is 3.41. The van der Waals surface area contributed by atoms with Crippen LogP contribution in [0, 0.1) is 20.8 Å². The van der Waals surface area contributed by atoms with Crippen molar-refractivity contribution in [3.63, 3.8) is 0 Å². The molecule has 2 aromatic heterocycles. The number of rotatable bonds is 7. The van der Waals surface area contributed by atoms with E-state index >= 15 is 0 Å². The van der Waals surface area contributed by atoms with Gasteiger partial charge in [-0.25, -0.2) is 9.50 Å². The molecule has 1 aromatic carbocycles. The fourth-order valence-electron chi connectivity index (χ4n) is 3.47. The summed E-state index contributed by atoms with van der Waals surface area (Å²) < 4.78 is 1.82. The number of aromatic nitrogens is 3. The van der Waals surface area contributed by atoms with Crippen molar-refractivity contribution in [1.29, 1.82) is 0 Å². The molecule has 0 fully saturated rings. The van der Waals surface area contributed by atoms with E-state index in [1.54, 1.807) is 18.8 Å². The summed E-state index contributed by atoms with van der Waals surface area (Å²) >= 11 is 1.56. The third-order valence-electron chi connectivity index (χ3n) is 5.06. The van der Waals surface area contributed by atoms with Crippen LogP contribution in [-0.2, 0) is 16.0 Å². The molecule has 3 rings (SSSR count). The smallest absolute Gasteiger partial charge is 0.244 e. The molecule has 0 unspecified atom stereocenters. The third-order valence-corrected chi connectivity index (χ3v) is 5.86. The van der Waals surface area contributed by atoms with Crippen molar-refractivity contribution >= 4 is 34.9 Å². The highest BCUT2D eigenvalue weighted by Gasteiger charge is 2.17. The molecule has 0 radical (unpaired) electrons. The van der Waals surface area contributed by atoms with Crippen molar-refractivity contribution in [1.82, 2.24) is 19.5 Å². The Morgan fingerprint density at radius 2 is 1.93 bits per heavy atom. The van der Waals surface area contributed by atoms with Crippen LogP contribution in [0.1, 0.15) is 29.1 Å². The topological polar surface area (TPSA) is 79.6 Å². The Morgan fingerprint density at radius 3 is 2.67 bits per heavy atom. The predicted molar refractivity (Wildman–Crippen MR) is 120 cm³/mol. The number of benzene rings is 1. The number of carbonyl (C=O) groups is 2. The summed E-state index contributed by atoms with van der Waals surface area (Å²) in [5.41, 5.74) is 5.40. The standard InChI is InChI=1S/C22H27N5O2S/c1-14-12-20-23-15(2)17(16(3)27(20)25-14)10-11-22(29)26(4)13-21(28)24-18-8-6-7-9-19(18)30-5/h6-9,12H,10-11,13H2,1-5H3,(H,24,28). The van der Waals surface area contributed by atoms with Crippen molar-refractivity contribution in [3.05, 3.63) is 53.0 Å². The maximum absolute atomic E-state index is 12.6. The number of anilines is 1. The number of likely N-dealkylation sites (N-methyl/N-ethyl adjacent to an activating group) is 1. The fourth-order valence-corrected chi connectivity index (χ4v) is 4.02. The van der Waals surface area contributed by atoms with E-state index in [9.17, 15) is 9.59 Å². The summed E-state index contributed by atoms with van der Waals surface area (Å²) in [6.07, 6.45) is 2.82. The monoisotopic (exact) mass is 425 g/mol. The van der Waals surface area contributed by atoms with Crippen LogP contribution in [0.5, 0.6) is 0 Å². The fraction of sp³-hybridized carbons (Fsp3) is 0.364.